The van der Waals surface area contributed by atoms with Crippen molar-refractivity contribution in [2.75, 3.05) is 5.32 Å². The molecule has 0 radical (unpaired) electrons. The zero-order valence-corrected chi connectivity index (χ0v) is 9.49. The van der Waals surface area contributed by atoms with Crippen molar-refractivity contribution in [3.8, 4) is 0 Å². The molecule has 0 saturated carbocycles. The molecule has 0 fully saturated rings. The molecule has 0 atom stereocenters. The van der Waals surface area contributed by atoms with E-state index in [9.17, 15) is 14.4 Å². The van der Waals surface area contributed by atoms with E-state index in [0.717, 1.165) is 12.3 Å². The maximum Gasteiger partial charge on any atom is 0.356 e. The Morgan fingerprint density at radius 2 is 2.05 bits per heavy atom. The van der Waals surface area contributed by atoms with E-state index >= 15 is 0 Å². The monoisotopic (exact) mass is 260 g/mol. The zero-order valence-electron chi connectivity index (χ0n) is 9.49. The molecular weight excluding hydrogens is 252 g/mol. The molecule has 2 N–H and O–H groups in total. The average molecular weight is 260 g/mol. The predicted molar refractivity (Wildman–Crippen MR) is 64.1 cm³/mol. The Morgan fingerprint density at radius 1 is 1.26 bits per heavy atom. The summed E-state index contributed by atoms with van der Waals surface area (Å²) in [5.41, 5.74) is -0.691. The number of rotatable bonds is 3. The second kappa shape index (κ2) is 5.13. The van der Waals surface area contributed by atoms with Crippen LogP contribution in [-0.4, -0.2) is 22.0 Å². The van der Waals surface area contributed by atoms with Crippen LogP contribution in [0.2, 0.25) is 0 Å². The van der Waals surface area contributed by atoms with Gasteiger partial charge < -0.3 is 14.8 Å². The molecule has 19 heavy (non-hydrogen) atoms. The van der Waals surface area contributed by atoms with Crippen LogP contribution < -0.4 is 10.9 Å². The van der Waals surface area contributed by atoms with Crippen LogP contribution in [0.25, 0.3) is 0 Å². The molecule has 0 spiro atoms. The number of hydrogen-bond donors (Lipinski definition) is 2. The Hall–Kier alpha value is -2.96. The third-order valence-corrected chi connectivity index (χ3v) is 2.22. The quantitative estimate of drug-likeness (QED) is 0.851. The number of carbonyl (C=O) groups is 2. The number of aromatic nitrogens is 1. The lowest BCUT2D eigenvalue weighted by molar-refractivity contribution is 0.0692. The number of carboxylic acid groups (broad SMARTS) is 1. The summed E-state index contributed by atoms with van der Waals surface area (Å²) in [5.74, 6) is -1.85. The number of anilines is 1. The molecule has 2 aromatic heterocycles. The minimum Gasteiger partial charge on any atom is -0.476 e. The van der Waals surface area contributed by atoms with Crippen molar-refractivity contribution in [1.82, 2.24) is 4.98 Å². The van der Waals surface area contributed by atoms with Crippen molar-refractivity contribution in [3.05, 3.63) is 58.4 Å². The van der Waals surface area contributed by atoms with Gasteiger partial charge in [-0.05, 0) is 18.2 Å². The molecule has 0 aromatic carbocycles. The van der Waals surface area contributed by atoms with Crippen LogP contribution in [-0.2, 0) is 0 Å². The fraction of sp³-hybridized carbons (Fsp3) is 0. The Bertz CT molecular complexity index is 672. The second-order valence-electron chi connectivity index (χ2n) is 3.50. The Morgan fingerprint density at radius 3 is 2.68 bits per heavy atom. The summed E-state index contributed by atoms with van der Waals surface area (Å²) in [6, 6.07) is 5.27. The molecule has 7 heteroatoms. The summed E-state index contributed by atoms with van der Waals surface area (Å²) in [7, 11) is 0. The van der Waals surface area contributed by atoms with Crippen LogP contribution in [0, 0.1) is 0 Å². The van der Waals surface area contributed by atoms with Crippen molar-refractivity contribution in [2.24, 2.45) is 0 Å². The van der Waals surface area contributed by atoms with Crippen molar-refractivity contribution in [2.45, 2.75) is 0 Å². The Labute approximate surface area is 106 Å². The Balaban J connectivity index is 2.26. The summed E-state index contributed by atoms with van der Waals surface area (Å²) >= 11 is 0. The van der Waals surface area contributed by atoms with E-state index < -0.39 is 17.5 Å². The fourth-order valence-corrected chi connectivity index (χ4v) is 1.36. The van der Waals surface area contributed by atoms with E-state index in [0.29, 0.717) is 0 Å². The van der Waals surface area contributed by atoms with Crippen molar-refractivity contribution in [3.63, 3.8) is 0 Å². The van der Waals surface area contributed by atoms with Gasteiger partial charge in [-0.2, -0.15) is 0 Å². The van der Waals surface area contributed by atoms with Gasteiger partial charge in [-0.3, -0.25) is 4.79 Å². The van der Waals surface area contributed by atoms with E-state index in [-0.39, 0.29) is 16.9 Å². The van der Waals surface area contributed by atoms with E-state index in [1.54, 1.807) is 0 Å². The molecule has 2 rings (SSSR count). The summed E-state index contributed by atoms with van der Waals surface area (Å²) in [6.07, 6.45) is 2.30. The van der Waals surface area contributed by atoms with Crippen LogP contribution in [0.15, 0.2) is 45.9 Å². The highest BCUT2D eigenvalue weighted by Gasteiger charge is 2.14. The Kier molecular flexibility index (Phi) is 3.37. The first-order chi connectivity index (χ1) is 9.08. The summed E-state index contributed by atoms with van der Waals surface area (Å²) in [4.78, 5) is 37.1. The topological polar surface area (TPSA) is 110 Å². The van der Waals surface area contributed by atoms with Gasteiger partial charge in [-0.15, -0.1) is 0 Å². The molecule has 96 valence electrons. The summed E-state index contributed by atoms with van der Waals surface area (Å²) < 4.78 is 4.55. The van der Waals surface area contributed by atoms with Gasteiger partial charge in [0.15, 0.2) is 5.69 Å². The van der Waals surface area contributed by atoms with Crippen LogP contribution in [0.5, 0.6) is 0 Å². The van der Waals surface area contributed by atoms with Gasteiger partial charge in [-0.25, -0.2) is 14.6 Å². The normalized spacial score (nSPS) is 9.89. The van der Waals surface area contributed by atoms with E-state index in [1.807, 2.05) is 0 Å². The van der Waals surface area contributed by atoms with Crippen molar-refractivity contribution >= 4 is 17.6 Å². The van der Waals surface area contributed by atoms with Crippen LogP contribution in [0.3, 0.4) is 0 Å². The lowest BCUT2D eigenvalue weighted by Crippen LogP contribution is -2.16. The molecule has 2 heterocycles. The summed E-state index contributed by atoms with van der Waals surface area (Å²) in [5, 5.41) is 11.3. The first kappa shape index (κ1) is 12.5. The van der Waals surface area contributed by atoms with E-state index in [1.165, 1.54) is 24.4 Å². The van der Waals surface area contributed by atoms with Crippen molar-refractivity contribution < 1.29 is 19.1 Å². The van der Waals surface area contributed by atoms with Crippen LogP contribution in [0.1, 0.15) is 20.8 Å². The zero-order chi connectivity index (χ0) is 13.8. The van der Waals surface area contributed by atoms with E-state index in [2.05, 4.69) is 14.7 Å². The smallest absolute Gasteiger partial charge is 0.356 e. The minimum atomic E-state index is -1.25. The number of nitrogens with one attached hydrogen (secondary N) is 1. The number of carbonyl (C=O) groups excluding carboxylic acids is 1. The fourth-order valence-electron chi connectivity index (χ4n) is 1.36. The highest BCUT2D eigenvalue weighted by molar-refractivity contribution is 6.06. The molecular formula is C12H8N2O5. The molecule has 0 aliphatic heterocycles. The highest BCUT2D eigenvalue weighted by Crippen LogP contribution is 2.13. The van der Waals surface area contributed by atoms with Crippen LogP contribution >= 0.6 is 0 Å². The molecule has 1 amide bonds. The average Bonchev–Trinajstić information content (AvgIpc) is 2.39. The number of amides is 1. The SMILES string of the molecule is O=C(Nc1cccnc1C(=O)O)c1ccc(=O)oc1. The van der Waals surface area contributed by atoms with Gasteiger partial charge in [0.05, 0.1) is 11.3 Å². The maximum absolute atomic E-state index is 11.8. The van der Waals surface area contributed by atoms with Gasteiger partial charge >= 0.3 is 11.6 Å². The van der Waals surface area contributed by atoms with Gasteiger partial charge in [-0.1, -0.05) is 0 Å². The lowest BCUT2D eigenvalue weighted by Gasteiger charge is -2.06. The van der Waals surface area contributed by atoms with Gasteiger partial charge in [0.1, 0.15) is 6.26 Å². The summed E-state index contributed by atoms with van der Waals surface area (Å²) in [6.45, 7) is 0. The highest BCUT2D eigenvalue weighted by atomic mass is 16.4. The van der Waals surface area contributed by atoms with Gasteiger partial charge in [0, 0.05) is 12.3 Å². The minimum absolute atomic E-state index is 0.0613. The maximum atomic E-state index is 11.8. The number of pyridine rings is 1. The molecule has 0 bridgehead atoms. The molecule has 0 unspecified atom stereocenters. The number of hydrogen-bond acceptors (Lipinski definition) is 5. The third-order valence-electron chi connectivity index (χ3n) is 2.22. The van der Waals surface area contributed by atoms with Gasteiger partial charge in [0.2, 0.25) is 0 Å². The molecule has 0 aliphatic rings. The standard InChI is InChI=1S/C12H8N2O5/c15-9-4-3-7(6-19-9)11(16)14-8-2-1-5-13-10(8)12(17)18/h1-6H,(H,14,16)(H,17,18). The number of nitrogens with zero attached hydrogens (tertiary/aromatic N) is 1. The van der Waals surface area contributed by atoms with Crippen molar-refractivity contribution in [1.29, 1.82) is 0 Å². The van der Waals surface area contributed by atoms with Gasteiger partial charge in [0.25, 0.3) is 5.91 Å². The lowest BCUT2D eigenvalue weighted by atomic mass is 10.2. The number of aromatic carboxylic acids is 1. The predicted octanol–water partition coefficient (Wildman–Crippen LogP) is 0.985. The second-order valence-corrected chi connectivity index (χ2v) is 3.50. The molecule has 2 aromatic rings. The third kappa shape index (κ3) is 2.83. The largest absolute Gasteiger partial charge is 0.476 e. The first-order valence-corrected chi connectivity index (χ1v) is 5.16. The number of carboxylic acids is 1. The first-order valence-electron chi connectivity index (χ1n) is 5.16. The van der Waals surface area contributed by atoms with Crippen LogP contribution in [0.4, 0.5) is 5.69 Å². The molecule has 0 saturated heterocycles. The van der Waals surface area contributed by atoms with E-state index in [4.69, 9.17) is 5.11 Å². The molecule has 7 nitrogen and oxygen atoms in total. The molecule has 0 aliphatic carbocycles.